The number of amides is 1. The first-order valence-corrected chi connectivity index (χ1v) is 7.33. The van der Waals surface area contributed by atoms with Crippen molar-refractivity contribution < 1.29 is 9.18 Å². The third-order valence-corrected chi connectivity index (χ3v) is 3.63. The second-order valence-electron chi connectivity index (χ2n) is 5.30. The molecule has 0 radical (unpaired) electrons. The lowest BCUT2D eigenvalue weighted by molar-refractivity contribution is -0.131. The smallest absolute Gasteiger partial charge is 0.224 e. The molecule has 4 nitrogen and oxygen atoms in total. The van der Waals surface area contributed by atoms with Crippen LogP contribution in [-0.2, 0) is 11.3 Å². The van der Waals surface area contributed by atoms with Crippen LogP contribution in [0.25, 0.3) is 0 Å². The third-order valence-electron chi connectivity index (χ3n) is 3.63. The highest BCUT2D eigenvalue weighted by atomic mass is 19.1. The van der Waals surface area contributed by atoms with E-state index in [2.05, 4.69) is 5.32 Å². The Hall–Kier alpha value is -1.93. The van der Waals surface area contributed by atoms with Gasteiger partial charge in [-0.3, -0.25) is 4.79 Å². The molecule has 5 heteroatoms. The summed E-state index contributed by atoms with van der Waals surface area (Å²) in [6.07, 6.45) is 2.83. The van der Waals surface area contributed by atoms with E-state index in [1.807, 2.05) is 13.0 Å². The molecular weight excluding hydrogens is 269 g/mol. The molecule has 0 spiro atoms. The summed E-state index contributed by atoms with van der Waals surface area (Å²) >= 11 is 0. The average Bonchev–Trinajstić information content (AvgIpc) is 3.30. The van der Waals surface area contributed by atoms with Crippen molar-refractivity contribution in [2.45, 2.75) is 38.8 Å². The summed E-state index contributed by atoms with van der Waals surface area (Å²) in [6, 6.07) is 6.85. The summed E-state index contributed by atoms with van der Waals surface area (Å²) in [5, 5.41) is 12.0. The number of rotatable bonds is 7. The van der Waals surface area contributed by atoms with Crippen LogP contribution in [0.3, 0.4) is 0 Å². The quantitative estimate of drug-likeness (QED) is 0.837. The summed E-state index contributed by atoms with van der Waals surface area (Å²) in [6.45, 7) is 3.35. The number of halogens is 1. The number of nitrogens with one attached hydrogen (secondary N) is 1. The maximum atomic E-state index is 13.9. The zero-order valence-corrected chi connectivity index (χ0v) is 12.2. The molecule has 1 aromatic carbocycles. The molecule has 1 N–H and O–H groups in total. The van der Waals surface area contributed by atoms with Crippen molar-refractivity contribution in [3.63, 3.8) is 0 Å². The summed E-state index contributed by atoms with van der Waals surface area (Å²) in [4.78, 5) is 13.8. The number of benzene rings is 1. The zero-order chi connectivity index (χ0) is 15.2. The maximum Gasteiger partial charge on any atom is 0.224 e. The van der Waals surface area contributed by atoms with E-state index in [1.165, 1.54) is 18.9 Å². The molecule has 0 saturated heterocycles. The number of carbonyl (C=O) groups excluding carboxylic acids is 1. The molecule has 1 aromatic rings. The summed E-state index contributed by atoms with van der Waals surface area (Å²) < 4.78 is 13.9. The molecular formula is C16H20FN3O. The fraction of sp³-hybridized carbons (Fsp3) is 0.500. The normalized spacial score (nSPS) is 13.8. The second-order valence-corrected chi connectivity index (χ2v) is 5.30. The largest absolute Gasteiger partial charge is 0.339 e. The Balaban J connectivity index is 1.91. The van der Waals surface area contributed by atoms with Crippen LogP contribution in [0.5, 0.6) is 0 Å². The van der Waals surface area contributed by atoms with E-state index in [-0.39, 0.29) is 12.5 Å². The van der Waals surface area contributed by atoms with E-state index in [0.29, 0.717) is 36.7 Å². The molecule has 0 bridgehead atoms. The number of hydrogen-bond donors (Lipinski definition) is 1. The summed E-state index contributed by atoms with van der Waals surface area (Å²) in [5.41, 5.74) is 0.735. The highest BCUT2D eigenvalue weighted by Crippen LogP contribution is 2.18. The molecule has 1 amide bonds. The van der Waals surface area contributed by atoms with Gasteiger partial charge in [-0.05, 0) is 31.9 Å². The van der Waals surface area contributed by atoms with Gasteiger partial charge in [-0.15, -0.1) is 0 Å². The van der Waals surface area contributed by atoms with Gasteiger partial charge in [-0.2, -0.15) is 5.26 Å². The zero-order valence-electron chi connectivity index (χ0n) is 12.2. The lowest BCUT2D eigenvalue weighted by Gasteiger charge is -2.21. The first-order valence-electron chi connectivity index (χ1n) is 7.33. The second kappa shape index (κ2) is 7.19. The van der Waals surface area contributed by atoms with Gasteiger partial charge in [0.25, 0.3) is 0 Å². The average molecular weight is 289 g/mol. The van der Waals surface area contributed by atoms with Gasteiger partial charge in [-0.25, -0.2) is 4.39 Å². The Labute approximate surface area is 124 Å². The number of nitrogens with zero attached hydrogens (tertiary/aromatic N) is 2. The Morgan fingerprint density at radius 3 is 2.86 bits per heavy atom. The summed E-state index contributed by atoms with van der Waals surface area (Å²) in [7, 11) is 0. The van der Waals surface area contributed by atoms with E-state index in [9.17, 15) is 9.18 Å². The number of nitriles is 1. The van der Waals surface area contributed by atoms with Crippen LogP contribution in [0.4, 0.5) is 4.39 Å². The van der Waals surface area contributed by atoms with Crippen LogP contribution in [0.1, 0.15) is 37.3 Å². The molecule has 0 aliphatic heterocycles. The molecule has 0 unspecified atom stereocenters. The Morgan fingerprint density at radius 1 is 1.52 bits per heavy atom. The van der Waals surface area contributed by atoms with Gasteiger partial charge in [-0.1, -0.05) is 6.07 Å². The maximum absolute atomic E-state index is 13.9. The molecule has 21 heavy (non-hydrogen) atoms. The lowest BCUT2D eigenvalue weighted by atomic mass is 10.1. The van der Waals surface area contributed by atoms with Crippen molar-refractivity contribution >= 4 is 5.91 Å². The Kier molecular flexibility index (Phi) is 5.29. The number of carbonyl (C=O) groups is 1. The van der Waals surface area contributed by atoms with E-state index < -0.39 is 5.82 Å². The molecule has 112 valence electrons. The van der Waals surface area contributed by atoms with Crippen LogP contribution in [0.15, 0.2) is 18.2 Å². The SMILES string of the molecule is CCN(Cc1ccc(C#N)cc1F)C(=O)CCNC1CC1. The highest BCUT2D eigenvalue weighted by molar-refractivity contribution is 5.76. The minimum absolute atomic E-state index is 0.0226. The minimum atomic E-state index is -0.434. The van der Waals surface area contributed by atoms with Crippen molar-refractivity contribution in [3.05, 3.63) is 35.1 Å². The van der Waals surface area contributed by atoms with Gasteiger partial charge in [0.05, 0.1) is 11.6 Å². The van der Waals surface area contributed by atoms with E-state index in [0.717, 1.165) is 0 Å². The van der Waals surface area contributed by atoms with Crippen LogP contribution in [-0.4, -0.2) is 29.9 Å². The number of hydrogen-bond acceptors (Lipinski definition) is 3. The van der Waals surface area contributed by atoms with E-state index in [4.69, 9.17) is 5.26 Å². The van der Waals surface area contributed by atoms with Crippen LogP contribution >= 0.6 is 0 Å². The highest BCUT2D eigenvalue weighted by Gasteiger charge is 2.21. The fourth-order valence-corrected chi connectivity index (χ4v) is 2.16. The van der Waals surface area contributed by atoms with Gasteiger partial charge < -0.3 is 10.2 Å². The van der Waals surface area contributed by atoms with Gasteiger partial charge in [0.2, 0.25) is 5.91 Å². The Bertz CT molecular complexity index is 549. The lowest BCUT2D eigenvalue weighted by Crippen LogP contribution is -2.33. The van der Waals surface area contributed by atoms with Crippen molar-refractivity contribution in [1.82, 2.24) is 10.2 Å². The molecule has 2 rings (SSSR count). The molecule has 0 aromatic heterocycles. The molecule has 1 saturated carbocycles. The minimum Gasteiger partial charge on any atom is -0.339 e. The third kappa shape index (κ3) is 4.54. The van der Waals surface area contributed by atoms with E-state index in [1.54, 1.807) is 17.0 Å². The summed E-state index contributed by atoms with van der Waals surface area (Å²) in [5.74, 6) is -0.411. The molecule has 1 fully saturated rings. The first kappa shape index (κ1) is 15.5. The molecule has 0 heterocycles. The molecule has 0 atom stereocenters. The van der Waals surface area contributed by atoms with Crippen LogP contribution in [0.2, 0.25) is 0 Å². The molecule has 1 aliphatic rings. The van der Waals surface area contributed by atoms with Crippen LogP contribution in [0, 0.1) is 17.1 Å². The van der Waals surface area contributed by atoms with Crippen LogP contribution < -0.4 is 5.32 Å². The van der Waals surface area contributed by atoms with Gasteiger partial charge >= 0.3 is 0 Å². The van der Waals surface area contributed by atoms with Crippen molar-refractivity contribution in [2.75, 3.05) is 13.1 Å². The van der Waals surface area contributed by atoms with Crippen molar-refractivity contribution in [1.29, 1.82) is 5.26 Å². The predicted octanol–water partition coefficient (Wildman–Crippen LogP) is 2.19. The van der Waals surface area contributed by atoms with Crippen molar-refractivity contribution in [3.8, 4) is 6.07 Å². The van der Waals surface area contributed by atoms with Gasteiger partial charge in [0, 0.05) is 37.7 Å². The van der Waals surface area contributed by atoms with Crippen molar-refractivity contribution in [2.24, 2.45) is 0 Å². The standard InChI is InChI=1S/C16H20FN3O/c1-2-20(16(21)7-8-19-14-5-6-14)11-13-4-3-12(10-18)9-15(13)17/h3-4,9,14,19H,2,5-8,11H2,1H3. The topological polar surface area (TPSA) is 56.1 Å². The van der Waals surface area contributed by atoms with Gasteiger partial charge in [0.15, 0.2) is 0 Å². The van der Waals surface area contributed by atoms with Gasteiger partial charge in [0.1, 0.15) is 5.82 Å². The monoisotopic (exact) mass is 289 g/mol. The first-order chi connectivity index (χ1) is 10.1. The van der Waals surface area contributed by atoms with E-state index >= 15 is 0 Å². The molecule has 1 aliphatic carbocycles. The fourth-order valence-electron chi connectivity index (χ4n) is 2.16. The predicted molar refractivity (Wildman–Crippen MR) is 77.8 cm³/mol. The Morgan fingerprint density at radius 2 is 2.29 bits per heavy atom.